The average Bonchev–Trinajstić information content (AvgIpc) is 3.07. The van der Waals surface area contributed by atoms with Gasteiger partial charge in [-0.3, -0.25) is 0 Å². The lowest BCUT2D eigenvalue weighted by atomic mass is 9.83. The zero-order chi connectivity index (χ0) is 11.1. The van der Waals surface area contributed by atoms with Crippen LogP contribution in [0.2, 0.25) is 0 Å². The lowest BCUT2D eigenvalue weighted by Gasteiger charge is -2.26. The van der Waals surface area contributed by atoms with Crippen LogP contribution in [-0.2, 0) is 9.47 Å². The fraction of sp³-hybridized carbons (Fsp3) is 1.00. The molecule has 1 saturated carbocycles. The molecule has 0 amide bonds. The van der Waals surface area contributed by atoms with Crippen LogP contribution in [0.4, 0.5) is 0 Å². The molecule has 1 atom stereocenters. The van der Waals surface area contributed by atoms with Gasteiger partial charge in [0.15, 0.2) is 0 Å². The molecule has 15 heavy (non-hydrogen) atoms. The molecule has 0 aromatic carbocycles. The fourth-order valence-corrected chi connectivity index (χ4v) is 1.91. The third-order valence-corrected chi connectivity index (χ3v) is 3.38. The zero-order valence-electron chi connectivity index (χ0n) is 10.00. The summed E-state index contributed by atoms with van der Waals surface area (Å²) in [5.74, 6) is 0.727. The summed E-state index contributed by atoms with van der Waals surface area (Å²) in [5, 5.41) is 9.36. The minimum absolute atomic E-state index is 0.0985. The second-order valence-corrected chi connectivity index (χ2v) is 4.80. The van der Waals surface area contributed by atoms with Gasteiger partial charge in [0.2, 0.25) is 0 Å². The summed E-state index contributed by atoms with van der Waals surface area (Å²) in [4.78, 5) is 0. The lowest BCUT2D eigenvalue weighted by molar-refractivity contribution is 0.0465. The minimum Gasteiger partial charge on any atom is -0.396 e. The van der Waals surface area contributed by atoms with E-state index in [0.717, 1.165) is 38.6 Å². The summed E-state index contributed by atoms with van der Waals surface area (Å²) in [7, 11) is 1.70. The Morgan fingerprint density at radius 3 is 2.53 bits per heavy atom. The van der Waals surface area contributed by atoms with Crippen molar-refractivity contribution >= 4 is 0 Å². The predicted octanol–water partition coefficient (Wildman–Crippen LogP) is 1.84. The Bertz CT molecular complexity index is 168. The molecule has 0 saturated heterocycles. The molecule has 3 heteroatoms. The molecule has 0 aromatic heterocycles. The third kappa shape index (κ3) is 4.49. The standard InChI is InChI=1S/C12H24O3/c1-12(10-13,11-4-5-11)6-9-15-8-3-7-14-2/h11,13H,3-10H2,1-2H3. The number of hydrogen-bond donors (Lipinski definition) is 1. The van der Waals surface area contributed by atoms with E-state index >= 15 is 0 Å². The Labute approximate surface area is 92.8 Å². The maximum absolute atomic E-state index is 9.36. The van der Waals surface area contributed by atoms with E-state index in [1.807, 2.05) is 0 Å². The molecule has 3 nitrogen and oxygen atoms in total. The van der Waals surface area contributed by atoms with E-state index in [2.05, 4.69) is 6.92 Å². The van der Waals surface area contributed by atoms with Crippen LogP contribution in [0.5, 0.6) is 0 Å². The van der Waals surface area contributed by atoms with Crippen molar-refractivity contribution in [3.8, 4) is 0 Å². The van der Waals surface area contributed by atoms with Gasteiger partial charge in [0.25, 0.3) is 0 Å². The van der Waals surface area contributed by atoms with Crippen molar-refractivity contribution in [2.24, 2.45) is 11.3 Å². The first-order valence-electron chi connectivity index (χ1n) is 5.90. The highest BCUT2D eigenvalue weighted by atomic mass is 16.5. The first-order valence-corrected chi connectivity index (χ1v) is 5.90. The van der Waals surface area contributed by atoms with E-state index in [1.165, 1.54) is 12.8 Å². The minimum atomic E-state index is 0.0985. The second-order valence-electron chi connectivity index (χ2n) is 4.80. The summed E-state index contributed by atoms with van der Waals surface area (Å²) in [5.41, 5.74) is 0.0985. The number of ether oxygens (including phenoxy) is 2. The molecule has 0 spiro atoms. The fourth-order valence-electron chi connectivity index (χ4n) is 1.91. The quantitative estimate of drug-likeness (QED) is 0.598. The molecule has 1 rings (SSSR count). The molecule has 1 N–H and O–H groups in total. The Morgan fingerprint density at radius 1 is 1.27 bits per heavy atom. The summed E-state index contributed by atoms with van der Waals surface area (Å²) in [6, 6.07) is 0. The Morgan fingerprint density at radius 2 is 2.00 bits per heavy atom. The normalized spacial score (nSPS) is 20.2. The smallest absolute Gasteiger partial charge is 0.0488 e. The third-order valence-electron chi connectivity index (χ3n) is 3.38. The van der Waals surface area contributed by atoms with Crippen molar-refractivity contribution in [3.63, 3.8) is 0 Å². The number of methoxy groups -OCH3 is 1. The Kier molecular flexibility index (Phi) is 5.58. The largest absolute Gasteiger partial charge is 0.396 e. The molecular formula is C12H24O3. The van der Waals surface area contributed by atoms with Crippen molar-refractivity contribution in [2.75, 3.05) is 33.5 Å². The van der Waals surface area contributed by atoms with Crippen molar-refractivity contribution in [1.29, 1.82) is 0 Å². The van der Waals surface area contributed by atoms with E-state index < -0.39 is 0 Å². The van der Waals surface area contributed by atoms with Gasteiger partial charge in [-0.25, -0.2) is 0 Å². The molecule has 1 unspecified atom stereocenters. The van der Waals surface area contributed by atoms with Crippen molar-refractivity contribution in [3.05, 3.63) is 0 Å². The number of rotatable bonds is 9. The predicted molar refractivity (Wildman–Crippen MR) is 59.8 cm³/mol. The van der Waals surface area contributed by atoms with Crippen LogP contribution in [0, 0.1) is 11.3 Å². The van der Waals surface area contributed by atoms with Gasteiger partial charge in [-0.15, -0.1) is 0 Å². The van der Waals surface area contributed by atoms with Crippen LogP contribution in [-0.4, -0.2) is 38.6 Å². The van der Waals surface area contributed by atoms with Crippen LogP contribution in [0.1, 0.15) is 32.6 Å². The second kappa shape index (κ2) is 6.46. The summed E-state index contributed by atoms with van der Waals surface area (Å²) < 4.78 is 10.5. The van der Waals surface area contributed by atoms with Crippen LogP contribution in [0.15, 0.2) is 0 Å². The number of hydrogen-bond acceptors (Lipinski definition) is 3. The highest BCUT2D eigenvalue weighted by molar-refractivity contribution is 4.90. The molecule has 1 aliphatic carbocycles. The van der Waals surface area contributed by atoms with Gasteiger partial charge < -0.3 is 14.6 Å². The molecule has 0 aromatic rings. The highest BCUT2D eigenvalue weighted by Gasteiger charge is 2.40. The molecule has 0 aliphatic heterocycles. The van der Waals surface area contributed by atoms with Crippen LogP contribution in [0.3, 0.4) is 0 Å². The van der Waals surface area contributed by atoms with E-state index in [-0.39, 0.29) is 5.41 Å². The van der Waals surface area contributed by atoms with E-state index in [0.29, 0.717) is 6.61 Å². The maximum Gasteiger partial charge on any atom is 0.0488 e. The van der Waals surface area contributed by atoms with Gasteiger partial charge in [0.1, 0.15) is 0 Å². The van der Waals surface area contributed by atoms with E-state index in [1.54, 1.807) is 7.11 Å². The number of aliphatic hydroxyl groups excluding tert-OH is 1. The maximum atomic E-state index is 9.36. The lowest BCUT2D eigenvalue weighted by Crippen LogP contribution is -2.26. The van der Waals surface area contributed by atoms with Gasteiger partial charge >= 0.3 is 0 Å². The summed E-state index contributed by atoms with van der Waals surface area (Å²) >= 11 is 0. The van der Waals surface area contributed by atoms with E-state index in [4.69, 9.17) is 9.47 Å². The molecule has 0 bridgehead atoms. The van der Waals surface area contributed by atoms with Gasteiger partial charge in [-0.2, -0.15) is 0 Å². The monoisotopic (exact) mass is 216 g/mol. The topological polar surface area (TPSA) is 38.7 Å². The first kappa shape index (κ1) is 12.9. The average molecular weight is 216 g/mol. The van der Waals surface area contributed by atoms with Gasteiger partial charge in [0, 0.05) is 33.5 Å². The van der Waals surface area contributed by atoms with Crippen LogP contribution >= 0.6 is 0 Å². The van der Waals surface area contributed by atoms with Crippen LogP contribution in [0.25, 0.3) is 0 Å². The van der Waals surface area contributed by atoms with Crippen molar-refractivity contribution < 1.29 is 14.6 Å². The molecule has 1 aliphatic rings. The highest BCUT2D eigenvalue weighted by Crippen LogP contribution is 2.47. The first-order chi connectivity index (χ1) is 7.23. The van der Waals surface area contributed by atoms with Crippen molar-refractivity contribution in [1.82, 2.24) is 0 Å². The molecule has 0 radical (unpaired) electrons. The molecule has 1 fully saturated rings. The molecule has 0 heterocycles. The molecule has 90 valence electrons. The van der Waals surface area contributed by atoms with Crippen LogP contribution < -0.4 is 0 Å². The Balaban J connectivity index is 2.02. The van der Waals surface area contributed by atoms with E-state index in [9.17, 15) is 5.11 Å². The summed E-state index contributed by atoms with van der Waals surface area (Å²) in [6.45, 7) is 4.75. The zero-order valence-corrected chi connectivity index (χ0v) is 10.00. The van der Waals surface area contributed by atoms with Crippen molar-refractivity contribution in [2.45, 2.75) is 32.6 Å². The van der Waals surface area contributed by atoms with Gasteiger partial charge in [-0.1, -0.05) is 6.92 Å². The SMILES string of the molecule is COCCCOCCC(C)(CO)C1CC1. The Hall–Kier alpha value is -0.120. The molecular weight excluding hydrogens is 192 g/mol. The number of aliphatic hydroxyl groups is 1. The van der Waals surface area contributed by atoms with Gasteiger partial charge in [0.05, 0.1) is 0 Å². The van der Waals surface area contributed by atoms with Gasteiger partial charge in [-0.05, 0) is 37.0 Å². The summed E-state index contributed by atoms with van der Waals surface area (Å²) in [6.07, 6.45) is 4.48.